The molecule has 0 unspecified atom stereocenters. The molecule has 0 amide bonds. The van der Waals surface area contributed by atoms with E-state index in [1.54, 1.807) is 0 Å². The van der Waals surface area contributed by atoms with E-state index in [0.29, 0.717) is 6.42 Å². The average molecular weight is 526 g/mol. The Balaban J connectivity index is 2.31. The van der Waals surface area contributed by atoms with Crippen LogP contribution in [-0.4, -0.2) is 59.4 Å². The van der Waals surface area contributed by atoms with Crippen molar-refractivity contribution in [1.29, 1.82) is 0 Å². The van der Waals surface area contributed by atoms with Gasteiger partial charge in [0.05, 0.1) is 24.2 Å². The molecule has 0 aromatic rings. The standard InChI is InChI=1S/C29H55NO5Si/c1-20(34-30-28(8,9)17-14-18-29(30,10)11)15-16-21-23(35-36(12,13)27(5,6)7)19-22(31)24(21)25(32)33-26(2,3)4/h15-16,20-24,31H,14,17-19H2,1-13H3/t20-,21-,22-,23+,24-/m0/s1. The fraction of sp³-hybridized carbons (Fsp3) is 0.897. The summed E-state index contributed by atoms with van der Waals surface area (Å²) >= 11 is 0. The highest BCUT2D eigenvalue weighted by atomic mass is 28.4. The zero-order valence-electron chi connectivity index (χ0n) is 25.4. The highest BCUT2D eigenvalue weighted by Crippen LogP contribution is 2.44. The van der Waals surface area contributed by atoms with Crippen LogP contribution in [0.2, 0.25) is 18.1 Å². The molecule has 0 aromatic carbocycles. The summed E-state index contributed by atoms with van der Waals surface area (Å²) in [5, 5.41) is 13.2. The lowest BCUT2D eigenvalue weighted by Gasteiger charge is -2.52. The summed E-state index contributed by atoms with van der Waals surface area (Å²) < 4.78 is 12.5. The quantitative estimate of drug-likeness (QED) is 0.228. The maximum Gasteiger partial charge on any atom is 0.312 e. The number of hydroxylamine groups is 2. The minimum absolute atomic E-state index is 0.0258. The number of aliphatic hydroxyl groups is 1. The van der Waals surface area contributed by atoms with E-state index in [0.717, 1.165) is 12.8 Å². The summed E-state index contributed by atoms with van der Waals surface area (Å²) in [5.41, 5.74) is -0.730. The second-order valence-electron chi connectivity index (χ2n) is 14.8. The smallest absolute Gasteiger partial charge is 0.312 e. The molecule has 0 bridgehead atoms. The van der Waals surface area contributed by atoms with E-state index in [9.17, 15) is 9.90 Å². The Hall–Kier alpha value is -0.733. The molecule has 6 nitrogen and oxygen atoms in total. The molecule has 1 aliphatic heterocycles. The molecular formula is C29H55NO5Si. The van der Waals surface area contributed by atoms with Crippen molar-refractivity contribution in [3.8, 4) is 0 Å². The molecule has 1 saturated carbocycles. The van der Waals surface area contributed by atoms with Gasteiger partial charge in [-0.2, -0.15) is 5.06 Å². The molecule has 210 valence electrons. The largest absolute Gasteiger partial charge is 0.460 e. The summed E-state index contributed by atoms with van der Waals surface area (Å²) in [6, 6.07) is 0. The van der Waals surface area contributed by atoms with Gasteiger partial charge in [-0.05, 0) is 99.2 Å². The van der Waals surface area contributed by atoms with Crippen LogP contribution in [0, 0.1) is 11.8 Å². The first-order chi connectivity index (χ1) is 16.1. The molecule has 0 radical (unpaired) electrons. The van der Waals surface area contributed by atoms with Crippen molar-refractivity contribution in [1.82, 2.24) is 5.06 Å². The molecule has 1 aliphatic carbocycles. The van der Waals surface area contributed by atoms with Gasteiger partial charge in [0.2, 0.25) is 0 Å². The first kappa shape index (κ1) is 31.5. The number of esters is 1. The maximum atomic E-state index is 13.2. The molecule has 1 saturated heterocycles. The fourth-order valence-electron chi connectivity index (χ4n) is 5.39. The first-order valence-corrected chi connectivity index (χ1v) is 16.7. The second kappa shape index (κ2) is 10.8. The molecule has 2 rings (SSSR count). The topological polar surface area (TPSA) is 68.2 Å². The number of carbonyl (C=O) groups excluding carboxylic acids is 1. The Kier molecular flexibility index (Phi) is 9.44. The van der Waals surface area contributed by atoms with Crippen LogP contribution in [0.4, 0.5) is 0 Å². The van der Waals surface area contributed by atoms with Crippen molar-refractivity contribution in [3.05, 3.63) is 12.2 Å². The average Bonchev–Trinajstić information content (AvgIpc) is 2.94. The van der Waals surface area contributed by atoms with Crippen LogP contribution in [-0.2, 0) is 18.8 Å². The molecule has 7 heteroatoms. The highest BCUT2D eigenvalue weighted by molar-refractivity contribution is 6.74. The predicted octanol–water partition coefficient (Wildman–Crippen LogP) is 6.63. The van der Waals surface area contributed by atoms with Gasteiger partial charge in [-0.25, -0.2) is 0 Å². The number of hydrogen-bond acceptors (Lipinski definition) is 6. The molecular weight excluding hydrogens is 470 g/mol. The monoisotopic (exact) mass is 525 g/mol. The maximum absolute atomic E-state index is 13.2. The van der Waals surface area contributed by atoms with Crippen LogP contribution in [0.3, 0.4) is 0 Å². The van der Waals surface area contributed by atoms with E-state index in [4.69, 9.17) is 14.0 Å². The van der Waals surface area contributed by atoms with Crippen LogP contribution in [0.5, 0.6) is 0 Å². The van der Waals surface area contributed by atoms with Crippen LogP contribution >= 0.6 is 0 Å². The molecule has 5 atom stereocenters. The van der Waals surface area contributed by atoms with E-state index in [-0.39, 0.29) is 40.2 Å². The van der Waals surface area contributed by atoms with E-state index in [1.807, 2.05) is 39.8 Å². The normalized spacial score (nSPS) is 30.5. The van der Waals surface area contributed by atoms with Gasteiger partial charge in [-0.3, -0.25) is 9.63 Å². The molecule has 0 aromatic heterocycles. The van der Waals surface area contributed by atoms with Crippen molar-refractivity contribution in [2.24, 2.45) is 11.8 Å². The lowest BCUT2D eigenvalue weighted by atomic mass is 9.82. The third-order valence-electron chi connectivity index (χ3n) is 8.22. The van der Waals surface area contributed by atoms with Gasteiger partial charge in [0.15, 0.2) is 8.32 Å². The Morgan fingerprint density at radius 2 is 1.58 bits per heavy atom. The predicted molar refractivity (Wildman–Crippen MR) is 149 cm³/mol. The van der Waals surface area contributed by atoms with Gasteiger partial charge < -0.3 is 14.3 Å². The third-order valence-corrected chi connectivity index (χ3v) is 12.7. The second-order valence-corrected chi connectivity index (χ2v) is 19.6. The van der Waals surface area contributed by atoms with Crippen LogP contribution in [0.15, 0.2) is 12.2 Å². The van der Waals surface area contributed by atoms with E-state index < -0.39 is 25.9 Å². The number of nitrogens with zero attached hydrogens (tertiary/aromatic N) is 1. The van der Waals surface area contributed by atoms with Crippen molar-refractivity contribution in [3.63, 3.8) is 0 Å². The lowest BCUT2D eigenvalue weighted by Crippen LogP contribution is -2.59. The summed E-state index contributed by atoms with van der Waals surface area (Å²) in [6.07, 6.45) is 6.62. The highest BCUT2D eigenvalue weighted by Gasteiger charge is 2.51. The number of aliphatic hydroxyl groups excluding tert-OH is 1. The van der Waals surface area contributed by atoms with Crippen molar-refractivity contribution >= 4 is 14.3 Å². The molecule has 2 aliphatic rings. The Bertz CT molecular complexity index is 776. The minimum Gasteiger partial charge on any atom is -0.460 e. The number of hydrogen-bond donors (Lipinski definition) is 1. The van der Waals surface area contributed by atoms with Crippen LogP contribution in [0.1, 0.15) is 102 Å². The molecule has 1 heterocycles. The van der Waals surface area contributed by atoms with Gasteiger partial charge in [-0.15, -0.1) is 0 Å². The molecule has 0 spiro atoms. The zero-order chi connectivity index (χ0) is 27.9. The van der Waals surface area contributed by atoms with Gasteiger partial charge in [-0.1, -0.05) is 32.9 Å². The number of rotatable bonds is 7. The summed E-state index contributed by atoms with van der Waals surface area (Å²) in [5.74, 6) is -1.31. The zero-order valence-corrected chi connectivity index (χ0v) is 26.4. The first-order valence-electron chi connectivity index (χ1n) is 13.8. The summed E-state index contributed by atoms with van der Waals surface area (Å²) in [7, 11) is -2.12. The van der Waals surface area contributed by atoms with E-state index >= 15 is 0 Å². The number of ether oxygens (including phenoxy) is 1. The lowest BCUT2D eigenvalue weighted by molar-refractivity contribution is -0.293. The molecule has 36 heavy (non-hydrogen) atoms. The molecule has 2 fully saturated rings. The Labute approximate surface area is 222 Å². The van der Waals surface area contributed by atoms with Gasteiger partial charge >= 0.3 is 5.97 Å². The summed E-state index contributed by atoms with van der Waals surface area (Å²) in [6.45, 7) is 27.6. The SMILES string of the molecule is C[C@@H](C=C[C@@H]1[C@H](C(=O)OC(C)(C)C)[C@@H](O)C[C@H]1O[Si](C)(C)C(C)(C)C)ON1C(C)(C)CCCC1(C)C. The van der Waals surface area contributed by atoms with Crippen molar-refractivity contribution < 1.29 is 23.9 Å². The Morgan fingerprint density at radius 3 is 2.06 bits per heavy atom. The van der Waals surface area contributed by atoms with E-state index in [1.165, 1.54) is 6.42 Å². The third kappa shape index (κ3) is 7.65. The fourth-order valence-corrected chi connectivity index (χ4v) is 6.75. The van der Waals surface area contributed by atoms with Gasteiger partial charge in [0.25, 0.3) is 0 Å². The van der Waals surface area contributed by atoms with Crippen LogP contribution < -0.4 is 0 Å². The Morgan fingerprint density at radius 1 is 1.06 bits per heavy atom. The van der Waals surface area contributed by atoms with Crippen molar-refractivity contribution in [2.45, 2.75) is 155 Å². The minimum atomic E-state index is -2.12. The van der Waals surface area contributed by atoms with Gasteiger partial charge in [0.1, 0.15) is 5.60 Å². The molecule has 1 N–H and O–H groups in total. The summed E-state index contributed by atoms with van der Waals surface area (Å²) in [4.78, 5) is 19.7. The number of carbonyl (C=O) groups is 1. The van der Waals surface area contributed by atoms with Crippen molar-refractivity contribution in [2.75, 3.05) is 0 Å². The van der Waals surface area contributed by atoms with Gasteiger partial charge in [0, 0.05) is 17.0 Å². The number of piperidine rings is 1. The van der Waals surface area contributed by atoms with E-state index in [2.05, 4.69) is 66.6 Å². The van der Waals surface area contributed by atoms with Crippen LogP contribution in [0.25, 0.3) is 0 Å².